The Morgan fingerprint density at radius 3 is 2.73 bits per heavy atom. The number of anilines is 2. The van der Waals surface area contributed by atoms with E-state index < -0.39 is 0 Å². The highest BCUT2D eigenvalue weighted by molar-refractivity contribution is 5.41. The molecule has 0 aliphatic carbocycles. The highest BCUT2D eigenvalue weighted by Gasteiger charge is 2.13. The fraction of sp³-hybridized carbons (Fsp3) is 0.500. The molecule has 2 heterocycles. The molecule has 1 aliphatic rings. The smallest absolute Gasteiger partial charge is 0.238 e. The van der Waals surface area contributed by atoms with E-state index in [4.69, 9.17) is 15.9 Å². The maximum Gasteiger partial charge on any atom is 0.238 e. The molecule has 82 valence electrons. The molecule has 1 aromatic rings. The van der Waals surface area contributed by atoms with Gasteiger partial charge in [-0.3, -0.25) is 5.41 Å². The van der Waals surface area contributed by atoms with Gasteiger partial charge in [0.05, 0.1) is 13.2 Å². The number of hydrogen-bond donors (Lipinski definition) is 3. The molecule has 1 fully saturated rings. The first-order valence-electron chi connectivity index (χ1n) is 4.64. The van der Waals surface area contributed by atoms with Crippen LogP contribution in [0.3, 0.4) is 0 Å². The van der Waals surface area contributed by atoms with Crippen LogP contribution in [0.1, 0.15) is 0 Å². The molecule has 0 bridgehead atoms. The Bertz CT molecular complexity index is 410. The molecule has 7 heteroatoms. The number of aromatic nitrogens is 2. The standard InChI is InChI=1S/C8H13N5O2/c9-6-5-7(11-8(10)13(6)14)12-1-3-15-4-2-12/h5,9,14H,1-4H2,(H2,10,11). The topological polar surface area (TPSA) is 100 Å². The Hall–Kier alpha value is -1.76. The predicted molar refractivity (Wildman–Crippen MR) is 52.7 cm³/mol. The molecule has 7 nitrogen and oxygen atoms in total. The van der Waals surface area contributed by atoms with Crippen molar-refractivity contribution in [3.63, 3.8) is 0 Å². The van der Waals surface area contributed by atoms with Crippen LogP contribution in [-0.4, -0.2) is 41.2 Å². The lowest BCUT2D eigenvalue weighted by Gasteiger charge is -2.27. The second kappa shape index (κ2) is 3.77. The highest BCUT2D eigenvalue weighted by atomic mass is 16.5. The SMILES string of the molecule is N=c1cc(N2CCOCC2)nc(N)n1O. The number of nitrogens with zero attached hydrogens (tertiary/aromatic N) is 3. The van der Waals surface area contributed by atoms with Gasteiger partial charge in [0.2, 0.25) is 5.95 Å². The van der Waals surface area contributed by atoms with Gasteiger partial charge in [-0.2, -0.15) is 4.98 Å². The maximum absolute atomic E-state index is 9.23. The van der Waals surface area contributed by atoms with E-state index in [1.807, 2.05) is 4.90 Å². The first-order valence-corrected chi connectivity index (χ1v) is 4.64. The van der Waals surface area contributed by atoms with Crippen LogP contribution in [0, 0.1) is 5.41 Å². The van der Waals surface area contributed by atoms with Crippen molar-refractivity contribution < 1.29 is 9.94 Å². The van der Waals surface area contributed by atoms with Crippen LogP contribution < -0.4 is 16.1 Å². The first kappa shape index (κ1) is 9.78. The van der Waals surface area contributed by atoms with Crippen LogP contribution in [0.4, 0.5) is 11.8 Å². The molecule has 4 N–H and O–H groups in total. The Balaban J connectivity index is 2.32. The van der Waals surface area contributed by atoms with Gasteiger partial charge < -0.3 is 20.6 Å². The molecular formula is C8H13N5O2. The number of morpholine rings is 1. The molecule has 15 heavy (non-hydrogen) atoms. The van der Waals surface area contributed by atoms with Gasteiger partial charge in [0.15, 0.2) is 5.49 Å². The number of rotatable bonds is 1. The van der Waals surface area contributed by atoms with Crippen molar-refractivity contribution in [3.8, 4) is 0 Å². The average molecular weight is 211 g/mol. The number of nitrogen functional groups attached to an aromatic ring is 1. The number of nitrogens with two attached hydrogens (primary N) is 1. The summed E-state index contributed by atoms with van der Waals surface area (Å²) in [5.41, 5.74) is 5.37. The van der Waals surface area contributed by atoms with Gasteiger partial charge in [0, 0.05) is 19.2 Å². The van der Waals surface area contributed by atoms with E-state index in [1.54, 1.807) is 0 Å². The molecule has 0 saturated carbocycles. The lowest BCUT2D eigenvalue weighted by atomic mass is 10.4. The molecule has 0 unspecified atom stereocenters. The molecule has 0 atom stereocenters. The minimum atomic E-state index is -0.0796. The van der Waals surface area contributed by atoms with E-state index in [1.165, 1.54) is 6.07 Å². The van der Waals surface area contributed by atoms with Gasteiger partial charge in [-0.1, -0.05) is 0 Å². The van der Waals surface area contributed by atoms with Crippen LogP contribution in [0.2, 0.25) is 0 Å². The minimum absolute atomic E-state index is 0.0796. The molecular weight excluding hydrogens is 198 g/mol. The summed E-state index contributed by atoms with van der Waals surface area (Å²) in [6, 6.07) is 1.47. The van der Waals surface area contributed by atoms with Gasteiger partial charge in [-0.05, 0) is 0 Å². The zero-order valence-electron chi connectivity index (χ0n) is 8.18. The molecule has 0 radical (unpaired) electrons. The predicted octanol–water partition coefficient (Wildman–Crippen LogP) is -0.981. The summed E-state index contributed by atoms with van der Waals surface area (Å²) in [6.45, 7) is 2.73. The second-order valence-electron chi connectivity index (χ2n) is 3.27. The summed E-state index contributed by atoms with van der Waals surface area (Å²) in [5.74, 6) is 0.523. The van der Waals surface area contributed by atoms with Crippen LogP contribution in [0.25, 0.3) is 0 Å². The molecule has 2 rings (SSSR count). The third-order valence-electron chi connectivity index (χ3n) is 2.28. The lowest BCUT2D eigenvalue weighted by molar-refractivity contribution is 0.122. The van der Waals surface area contributed by atoms with E-state index in [0.29, 0.717) is 23.8 Å². The Morgan fingerprint density at radius 2 is 2.13 bits per heavy atom. The summed E-state index contributed by atoms with van der Waals surface area (Å²) >= 11 is 0. The fourth-order valence-corrected chi connectivity index (χ4v) is 1.46. The largest absolute Gasteiger partial charge is 0.423 e. The van der Waals surface area contributed by atoms with Gasteiger partial charge >= 0.3 is 0 Å². The van der Waals surface area contributed by atoms with Crippen molar-refractivity contribution in [2.45, 2.75) is 0 Å². The van der Waals surface area contributed by atoms with E-state index in [-0.39, 0.29) is 11.4 Å². The third-order valence-corrected chi connectivity index (χ3v) is 2.28. The number of hydrogen-bond acceptors (Lipinski definition) is 6. The quantitative estimate of drug-likeness (QED) is 0.518. The van der Waals surface area contributed by atoms with Crippen LogP contribution in [0.15, 0.2) is 6.07 Å². The van der Waals surface area contributed by atoms with E-state index in [0.717, 1.165) is 13.1 Å². The van der Waals surface area contributed by atoms with Crippen LogP contribution >= 0.6 is 0 Å². The van der Waals surface area contributed by atoms with Crippen molar-refractivity contribution in [2.24, 2.45) is 0 Å². The molecule has 0 spiro atoms. The molecule has 1 aliphatic heterocycles. The molecule has 0 aromatic carbocycles. The van der Waals surface area contributed by atoms with E-state index in [9.17, 15) is 5.21 Å². The monoisotopic (exact) mass is 211 g/mol. The van der Waals surface area contributed by atoms with Gasteiger partial charge in [-0.25, -0.2) is 0 Å². The van der Waals surface area contributed by atoms with Crippen LogP contribution in [0.5, 0.6) is 0 Å². The summed E-state index contributed by atoms with van der Waals surface area (Å²) in [4.78, 5) is 5.97. The maximum atomic E-state index is 9.23. The van der Waals surface area contributed by atoms with Crippen molar-refractivity contribution >= 4 is 11.8 Å². The summed E-state index contributed by atoms with van der Waals surface area (Å²) in [6.07, 6.45) is 0. The Kier molecular flexibility index (Phi) is 2.46. The average Bonchev–Trinajstić information content (AvgIpc) is 2.26. The zero-order valence-corrected chi connectivity index (χ0v) is 8.18. The summed E-state index contributed by atoms with van der Waals surface area (Å²) < 4.78 is 5.75. The summed E-state index contributed by atoms with van der Waals surface area (Å²) in [7, 11) is 0. The lowest BCUT2D eigenvalue weighted by Crippen LogP contribution is -2.38. The third kappa shape index (κ3) is 1.86. The van der Waals surface area contributed by atoms with Crippen molar-refractivity contribution in [1.29, 1.82) is 5.41 Å². The Morgan fingerprint density at radius 1 is 1.47 bits per heavy atom. The summed E-state index contributed by atoms with van der Waals surface area (Å²) in [5, 5.41) is 16.7. The normalized spacial score (nSPS) is 16.7. The highest BCUT2D eigenvalue weighted by Crippen LogP contribution is 2.11. The Labute approximate surface area is 86.2 Å². The second-order valence-corrected chi connectivity index (χ2v) is 3.27. The van der Waals surface area contributed by atoms with Gasteiger partial charge in [0.25, 0.3) is 0 Å². The fourth-order valence-electron chi connectivity index (χ4n) is 1.46. The van der Waals surface area contributed by atoms with Gasteiger partial charge in [-0.15, -0.1) is 4.73 Å². The number of nitrogens with one attached hydrogen (secondary N) is 1. The van der Waals surface area contributed by atoms with E-state index in [2.05, 4.69) is 4.98 Å². The zero-order chi connectivity index (χ0) is 10.8. The molecule has 0 amide bonds. The van der Waals surface area contributed by atoms with Crippen molar-refractivity contribution in [1.82, 2.24) is 9.71 Å². The van der Waals surface area contributed by atoms with Gasteiger partial charge in [0.1, 0.15) is 5.82 Å². The number of ether oxygens (including phenoxy) is 1. The van der Waals surface area contributed by atoms with Crippen LogP contribution in [-0.2, 0) is 4.74 Å². The molecule has 1 aromatic heterocycles. The van der Waals surface area contributed by atoms with Crippen molar-refractivity contribution in [3.05, 3.63) is 11.6 Å². The van der Waals surface area contributed by atoms with Crippen molar-refractivity contribution in [2.75, 3.05) is 36.9 Å². The van der Waals surface area contributed by atoms with E-state index >= 15 is 0 Å². The first-order chi connectivity index (χ1) is 7.18. The minimum Gasteiger partial charge on any atom is -0.423 e. The molecule has 1 saturated heterocycles.